The maximum Gasteiger partial charge on any atom is 0.227 e. The minimum absolute atomic E-state index is 0.0111. The quantitative estimate of drug-likeness (QED) is 0.609. The SMILES string of the molecule is CCN(Cc1ccccc1)c1ncc(S(=O)(=O)c2ccc(OC)c(Cl)c2)c(N)n1. The molecule has 0 aliphatic heterocycles. The zero-order valence-electron chi connectivity index (χ0n) is 16.0. The van der Waals surface area contributed by atoms with E-state index in [2.05, 4.69) is 9.97 Å². The van der Waals surface area contributed by atoms with Gasteiger partial charge in [-0.25, -0.2) is 13.4 Å². The average molecular weight is 433 g/mol. The lowest BCUT2D eigenvalue weighted by Crippen LogP contribution is -2.25. The third kappa shape index (κ3) is 4.44. The second kappa shape index (κ2) is 8.67. The standard InChI is InChI=1S/C20H21ClN4O3S/c1-3-25(13-14-7-5-4-6-8-14)20-23-12-18(19(22)24-20)29(26,27)15-9-10-17(28-2)16(21)11-15/h4-12H,3,13H2,1-2H3,(H2,22,23,24). The first-order valence-corrected chi connectivity index (χ1v) is 10.7. The Hall–Kier alpha value is -2.84. The van der Waals surface area contributed by atoms with E-state index >= 15 is 0 Å². The van der Waals surface area contributed by atoms with E-state index in [1.165, 1.54) is 31.5 Å². The van der Waals surface area contributed by atoms with Gasteiger partial charge in [0.15, 0.2) is 0 Å². The van der Waals surface area contributed by atoms with E-state index in [0.717, 1.165) is 5.56 Å². The predicted octanol–water partition coefficient (Wildman–Crippen LogP) is 3.58. The number of nitrogen functional groups attached to an aromatic ring is 1. The van der Waals surface area contributed by atoms with Crippen molar-refractivity contribution in [2.75, 3.05) is 24.3 Å². The fraction of sp³-hybridized carbons (Fsp3) is 0.200. The fourth-order valence-corrected chi connectivity index (χ4v) is 4.41. The van der Waals surface area contributed by atoms with E-state index in [4.69, 9.17) is 22.1 Å². The van der Waals surface area contributed by atoms with Gasteiger partial charge in [0.25, 0.3) is 0 Å². The van der Waals surface area contributed by atoms with E-state index in [1.54, 1.807) is 0 Å². The van der Waals surface area contributed by atoms with Crippen LogP contribution in [0.4, 0.5) is 11.8 Å². The van der Waals surface area contributed by atoms with Crippen LogP contribution in [-0.4, -0.2) is 32.0 Å². The smallest absolute Gasteiger partial charge is 0.227 e. The summed E-state index contributed by atoms with van der Waals surface area (Å²) in [5, 5.41) is 0.185. The highest BCUT2D eigenvalue weighted by molar-refractivity contribution is 7.91. The minimum Gasteiger partial charge on any atom is -0.495 e. The van der Waals surface area contributed by atoms with Gasteiger partial charge in [-0.15, -0.1) is 0 Å². The second-order valence-electron chi connectivity index (χ2n) is 6.22. The summed E-state index contributed by atoms with van der Waals surface area (Å²) in [6.07, 6.45) is 1.23. The molecule has 0 radical (unpaired) electrons. The maximum absolute atomic E-state index is 13.0. The molecule has 3 aromatic rings. The molecule has 0 bridgehead atoms. The summed E-state index contributed by atoms with van der Waals surface area (Å²) in [6, 6.07) is 14.1. The number of halogens is 1. The maximum atomic E-state index is 13.0. The van der Waals surface area contributed by atoms with Gasteiger partial charge in [0, 0.05) is 13.1 Å². The highest BCUT2D eigenvalue weighted by Gasteiger charge is 2.24. The van der Waals surface area contributed by atoms with Gasteiger partial charge in [0.2, 0.25) is 15.8 Å². The van der Waals surface area contributed by atoms with Crippen LogP contribution >= 0.6 is 11.6 Å². The van der Waals surface area contributed by atoms with Crippen LogP contribution in [0.25, 0.3) is 0 Å². The summed E-state index contributed by atoms with van der Waals surface area (Å²) in [7, 11) is -2.48. The van der Waals surface area contributed by atoms with Crippen molar-refractivity contribution in [3.63, 3.8) is 0 Å². The Kier molecular flexibility index (Phi) is 6.24. The fourth-order valence-electron chi connectivity index (χ4n) is 2.80. The van der Waals surface area contributed by atoms with Crippen LogP contribution in [-0.2, 0) is 16.4 Å². The number of nitrogens with two attached hydrogens (primary N) is 1. The van der Waals surface area contributed by atoms with Crippen LogP contribution in [0.3, 0.4) is 0 Å². The Morgan fingerprint density at radius 1 is 1.17 bits per heavy atom. The number of anilines is 2. The van der Waals surface area contributed by atoms with Crippen LogP contribution in [0.2, 0.25) is 5.02 Å². The monoisotopic (exact) mass is 432 g/mol. The first-order valence-electron chi connectivity index (χ1n) is 8.86. The summed E-state index contributed by atoms with van der Waals surface area (Å²) in [5.41, 5.74) is 7.09. The van der Waals surface area contributed by atoms with Crippen molar-refractivity contribution in [3.8, 4) is 5.75 Å². The van der Waals surface area contributed by atoms with Gasteiger partial charge in [-0.3, -0.25) is 0 Å². The number of aromatic nitrogens is 2. The molecule has 0 amide bonds. The van der Waals surface area contributed by atoms with Gasteiger partial charge in [-0.1, -0.05) is 41.9 Å². The molecule has 0 aliphatic rings. The number of hydrogen-bond donors (Lipinski definition) is 1. The molecule has 0 saturated carbocycles. The molecule has 1 heterocycles. The largest absolute Gasteiger partial charge is 0.495 e. The molecule has 0 atom stereocenters. The normalized spacial score (nSPS) is 11.3. The predicted molar refractivity (Wildman–Crippen MR) is 113 cm³/mol. The summed E-state index contributed by atoms with van der Waals surface area (Å²) in [6.45, 7) is 3.18. The summed E-state index contributed by atoms with van der Waals surface area (Å²) in [5.74, 6) is 0.624. The lowest BCUT2D eigenvalue weighted by Gasteiger charge is -2.21. The van der Waals surface area contributed by atoms with Gasteiger partial charge >= 0.3 is 0 Å². The minimum atomic E-state index is -3.93. The Morgan fingerprint density at radius 2 is 1.90 bits per heavy atom. The first kappa shape index (κ1) is 20.9. The molecule has 152 valence electrons. The number of rotatable bonds is 7. The molecule has 0 unspecified atom stereocenters. The van der Waals surface area contributed by atoms with Gasteiger partial charge in [-0.2, -0.15) is 4.98 Å². The molecule has 29 heavy (non-hydrogen) atoms. The molecule has 0 spiro atoms. The summed E-state index contributed by atoms with van der Waals surface area (Å²) >= 11 is 6.07. The number of nitrogens with zero attached hydrogens (tertiary/aromatic N) is 3. The molecule has 0 aliphatic carbocycles. The van der Waals surface area contributed by atoms with Crippen molar-refractivity contribution in [2.24, 2.45) is 0 Å². The molecule has 1 aromatic heterocycles. The number of methoxy groups -OCH3 is 1. The Labute approximate surface area is 175 Å². The topological polar surface area (TPSA) is 98.4 Å². The molecule has 2 aromatic carbocycles. The molecule has 0 fully saturated rings. The molecule has 9 heteroatoms. The van der Waals surface area contributed by atoms with Crippen molar-refractivity contribution < 1.29 is 13.2 Å². The van der Waals surface area contributed by atoms with Crippen molar-refractivity contribution in [2.45, 2.75) is 23.3 Å². The van der Waals surface area contributed by atoms with E-state index in [0.29, 0.717) is 24.8 Å². The molecule has 0 saturated heterocycles. The first-order chi connectivity index (χ1) is 13.9. The number of benzene rings is 2. The van der Waals surface area contributed by atoms with Crippen LogP contribution in [0.15, 0.2) is 64.5 Å². The zero-order chi connectivity index (χ0) is 21.0. The molecule has 3 rings (SSSR count). The van der Waals surface area contributed by atoms with Crippen molar-refractivity contribution in [1.82, 2.24) is 9.97 Å². The molecular formula is C20H21ClN4O3S. The third-order valence-corrected chi connectivity index (χ3v) is 6.44. The van der Waals surface area contributed by atoms with E-state index < -0.39 is 9.84 Å². The lowest BCUT2D eigenvalue weighted by atomic mass is 10.2. The number of sulfone groups is 1. The highest BCUT2D eigenvalue weighted by atomic mass is 35.5. The summed E-state index contributed by atoms with van der Waals surface area (Å²) < 4.78 is 31.0. The van der Waals surface area contributed by atoms with Gasteiger partial charge in [-0.05, 0) is 30.7 Å². The van der Waals surface area contributed by atoms with Crippen molar-refractivity contribution in [1.29, 1.82) is 0 Å². The van der Waals surface area contributed by atoms with Gasteiger partial charge < -0.3 is 15.4 Å². The second-order valence-corrected chi connectivity index (χ2v) is 8.54. The third-order valence-electron chi connectivity index (χ3n) is 4.37. The van der Waals surface area contributed by atoms with Crippen molar-refractivity contribution >= 4 is 33.2 Å². The van der Waals surface area contributed by atoms with Crippen LogP contribution in [0, 0.1) is 0 Å². The van der Waals surface area contributed by atoms with E-state index in [1.807, 2.05) is 42.2 Å². The molecular weight excluding hydrogens is 412 g/mol. The molecule has 2 N–H and O–H groups in total. The highest BCUT2D eigenvalue weighted by Crippen LogP contribution is 2.31. The average Bonchev–Trinajstić information content (AvgIpc) is 2.72. The van der Waals surface area contributed by atoms with Gasteiger partial charge in [0.05, 0.1) is 23.2 Å². The van der Waals surface area contributed by atoms with Crippen LogP contribution in [0.1, 0.15) is 12.5 Å². The molecule has 7 nitrogen and oxygen atoms in total. The van der Waals surface area contributed by atoms with Crippen LogP contribution in [0.5, 0.6) is 5.75 Å². The number of ether oxygens (including phenoxy) is 1. The van der Waals surface area contributed by atoms with Crippen LogP contribution < -0.4 is 15.4 Å². The van der Waals surface area contributed by atoms with Gasteiger partial charge in [0.1, 0.15) is 16.5 Å². The zero-order valence-corrected chi connectivity index (χ0v) is 17.6. The summed E-state index contributed by atoms with van der Waals surface area (Å²) in [4.78, 5) is 10.2. The van der Waals surface area contributed by atoms with E-state index in [-0.39, 0.29) is 20.6 Å². The Morgan fingerprint density at radius 3 is 2.48 bits per heavy atom. The lowest BCUT2D eigenvalue weighted by molar-refractivity contribution is 0.414. The van der Waals surface area contributed by atoms with Crippen molar-refractivity contribution in [3.05, 3.63) is 65.3 Å². The van der Waals surface area contributed by atoms with E-state index in [9.17, 15) is 8.42 Å². The Balaban J connectivity index is 1.93. The Bertz CT molecular complexity index is 1110. The number of hydrogen-bond acceptors (Lipinski definition) is 7.